The average Bonchev–Trinajstić information content (AvgIpc) is 3.75. The highest BCUT2D eigenvalue weighted by molar-refractivity contribution is 7.87. The van der Waals surface area contributed by atoms with E-state index in [2.05, 4.69) is 54.2 Å². The summed E-state index contributed by atoms with van der Waals surface area (Å²) in [6, 6.07) is 0. The largest absolute Gasteiger partial charge is 0.523 e. The Kier molecular flexibility index (Phi) is 8.06. The van der Waals surface area contributed by atoms with Crippen LogP contribution < -0.4 is 0 Å². The molecule has 5 fully saturated rings. The van der Waals surface area contributed by atoms with Crippen molar-refractivity contribution in [1.82, 2.24) is 0 Å². The molecular formula is C25H36F3N9O4S. The molecule has 0 heterocycles. The molecular weight excluding hydrogens is 579 g/mol. The van der Waals surface area contributed by atoms with Crippen molar-refractivity contribution < 1.29 is 30.9 Å². The Balaban J connectivity index is 0.000000152. The third-order valence-electron chi connectivity index (χ3n) is 10.9. The molecule has 0 spiro atoms. The first kappa shape index (κ1) is 32.2. The topological polar surface area (TPSA) is 210 Å². The zero-order chi connectivity index (χ0) is 31.6. The molecule has 232 valence electrons. The summed E-state index contributed by atoms with van der Waals surface area (Å²) in [6.45, 7) is 11.6. The first-order valence-corrected chi connectivity index (χ1v) is 15.3. The molecule has 0 aromatic carbocycles. The van der Waals surface area contributed by atoms with E-state index in [9.17, 15) is 26.7 Å². The van der Waals surface area contributed by atoms with Gasteiger partial charge in [-0.05, 0) is 82.7 Å². The first-order valence-electron chi connectivity index (χ1n) is 13.9. The smallest absolute Gasteiger partial charge is 0.392 e. The van der Waals surface area contributed by atoms with Crippen molar-refractivity contribution in [2.75, 3.05) is 0 Å². The normalized spacial score (nSPS) is 48.3. The summed E-state index contributed by atoms with van der Waals surface area (Å²) in [5.74, 6) is 3.74. The monoisotopic (exact) mass is 615 g/mol. The van der Waals surface area contributed by atoms with E-state index in [0.717, 1.165) is 12.3 Å². The summed E-state index contributed by atoms with van der Waals surface area (Å²) in [6.07, 6.45) is 3.49. The van der Waals surface area contributed by atoms with Gasteiger partial charge >= 0.3 is 15.6 Å². The van der Waals surface area contributed by atoms with Gasteiger partial charge in [-0.15, -0.1) is 0 Å². The average molecular weight is 616 g/mol. The molecule has 0 bridgehead atoms. The van der Waals surface area contributed by atoms with Crippen LogP contribution in [-0.4, -0.2) is 47.9 Å². The Morgan fingerprint density at radius 3 is 1.81 bits per heavy atom. The van der Waals surface area contributed by atoms with Crippen LogP contribution in [-0.2, 0) is 14.3 Å². The Bertz CT molecular complexity index is 1390. The molecule has 17 heteroatoms. The maximum absolute atomic E-state index is 12.3. The summed E-state index contributed by atoms with van der Waals surface area (Å²) < 4.78 is 63.2. The third kappa shape index (κ3) is 5.20. The lowest BCUT2D eigenvalue weighted by atomic mass is 9.91. The molecule has 0 saturated heterocycles. The van der Waals surface area contributed by atoms with Gasteiger partial charge in [-0.25, -0.2) is 0 Å². The van der Waals surface area contributed by atoms with Crippen LogP contribution in [0.1, 0.15) is 54.4 Å². The molecule has 5 saturated carbocycles. The maximum atomic E-state index is 12.3. The molecule has 0 aromatic heterocycles. The standard InChI is InChI=1S/C9H12F3N3O3S.C8H13N3O.C8H11N3/c1-4-5-3-6(8(2,7(4)5)14-15-13)18-19(16,17)9(10,11)12;1-4-5-3-6(12)8(2,7(4)5)10-11-9;1-5-6-3-4-8(2,7(5)6)10-11-9/h4-7H,3H2,1-2H3;4-7,12H,3H2,1-2H3;3-7H,1-2H3/t2*4-,5?,6?,7?,8?;5-,6?,7?,8?/m000/s1. The Morgan fingerprint density at radius 2 is 1.36 bits per heavy atom. The van der Waals surface area contributed by atoms with Gasteiger partial charge in [-0.1, -0.05) is 69.0 Å². The lowest BCUT2D eigenvalue weighted by Gasteiger charge is -2.29. The van der Waals surface area contributed by atoms with Crippen molar-refractivity contribution in [3.05, 3.63) is 43.5 Å². The fourth-order valence-electron chi connectivity index (χ4n) is 8.29. The fourth-order valence-corrected chi connectivity index (χ4v) is 8.98. The molecule has 14 atom stereocenters. The van der Waals surface area contributed by atoms with Gasteiger partial charge in [0.2, 0.25) is 0 Å². The van der Waals surface area contributed by atoms with Gasteiger partial charge in [-0.3, -0.25) is 4.18 Å². The zero-order valence-corrected chi connectivity index (χ0v) is 25.0. The van der Waals surface area contributed by atoms with Gasteiger partial charge in [0.1, 0.15) is 0 Å². The van der Waals surface area contributed by atoms with Crippen molar-refractivity contribution in [1.29, 1.82) is 0 Å². The van der Waals surface area contributed by atoms with Crippen LogP contribution >= 0.6 is 0 Å². The van der Waals surface area contributed by atoms with Crippen LogP contribution in [0.5, 0.6) is 0 Å². The number of azide groups is 3. The molecule has 1 N–H and O–H groups in total. The highest BCUT2D eigenvalue weighted by Gasteiger charge is 2.68. The molecule has 11 unspecified atom stereocenters. The van der Waals surface area contributed by atoms with Crippen LogP contribution in [0.2, 0.25) is 0 Å². The highest BCUT2D eigenvalue weighted by Crippen LogP contribution is 2.65. The number of alkyl halides is 3. The quantitative estimate of drug-likeness (QED) is 0.0884. The summed E-state index contributed by atoms with van der Waals surface area (Å²) >= 11 is 0. The second-order valence-electron chi connectivity index (χ2n) is 13.1. The zero-order valence-electron chi connectivity index (χ0n) is 24.2. The molecule has 42 heavy (non-hydrogen) atoms. The Morgan fingerprint density at radius 1 is 0.857 bits per heavy atom. The second kappa shape index (κ2) is 10.5. The summed E-state index contributed by atoms with van der Waals surface area (Å²) in [7, 11) is -5.67. The maximum Gasteiger partial charge on any atom is 0.523 e. The second-order valence-corrected chi connectivity index (χ2v) is 14.7. The number of hydrogen-bond donors (Lipinski definition) is 1. The van der Waals surface area contributed by atoms with Crippen molar-refractivity contribution in [2.45, 2.75) is 88.7 Å². The molecule has 13 nitrogen and oxygen atoms in total. The van der Waals surface area contributed by atoms with Gasteiger partial charge in [0, 0.05) is 14.7 Å². The number of aliphatic hydroxyl groups excluding tert-OH is 1. The summed E-state index contributed by atoms with van der Waals surface area (Å²) in [4.78, 5) is 8.30. The van der Waals surface area contributed by atoms with E-state index in [1.807, 2.05) is 26.8 Å². The summed E-state index contributed by atoms with van der Waals surface area (Å²) in [5.41, 5.74) is 17.8. The van der Waals surface area contributed by atoms with Crippen molar-refractivity contribution in [3.8, 4) is 0 Å². The van der Waals surface area contributed by atoms with Crippen molar-refractivity contribution in [2.24, 2.45) is 68.6 Å². The fraction of sp³-hybridized carbons (Fsp3) is 0.920. The minimum Gasteiger partial charge on any atom is -0.392 e. The van der Waals surface area contributed by atoms with E-state index >= 15 is 0 Å². The van der Waals surface area contributed by atoms with Crippen LogP contribution in [0.3, 0.4) is 0 Å². The highest BCUT2D eigenvalue weighted by atomic mass is 32.2. The predicted molar refractivity (Wildman–Crippen MR) is 145 cm³/mol. The van der Waals surface area contributed by atoms with Crippen LogP contribution in [0.25, 0.3) is 31.3 Å². The Hall–Kier alpha value is -2.67. The van der Waals surface area contributed by atoms with E-state index in [0.29, 0.717) is 29.6 Å². The van der Waals surface area contributed by atoms with Crippen LogP contribution in [0.4, 0.5) is 13.2 Å². The number of fused-ring (bicyclic) bond motifs is 3. The van der Waals surface area contributed by atoms with Crippen LogP contribution in [0, 0.1) is 53.3 Å². The molecule has 0 radical (unpaired) electrons. The number of allylic oxidation sites excluding steroid dienone is 1. The van der Waals surface area contributed by atoms with E-state index < -0.39 is 38.9 Å². The number of halogens is 3. The van der Waals surface area contributed by atoms with E-state index in [-0.39, 0.29) is 29.7 Å². The van der Waals surface area contributed by atoms with E-state index in [1.54, 1.807) is 0 Å². The number of nitrogens with zero attached hydrogens (tertiary/aromatic N) is 9. The molecule has 6 rings (SSSR count). The molecule has 0 aliphatic heterocycles. The lowest BCUT2D eigenvalue weighted by molar-refractivity contribution is -0.0598. The lowest BCUT2D eigenvalue weighted by Crippen LogP contribution is -2.42. The van der Waals surface area contributed by atoms with Crippen molar-refractivity contribution in [3.63, 3.8) is 0 Å². The first-order chi connectivity index (χ1) is 19.3. The molecule has 6 aliphatic carbocycles. The van der Waals surface area contributed by atoms with E-state index in [4.69, 9.17) is 16.6 Å². The van der Waals surface area contributed by atoms with E-state index in [1.165, 1.54) is 6.92 Å². The van der Waals surface area contributed by atoms with Gasteiger partial charge in [0.05, 0.1) is 28.8 Å². The van der Waals surface area contributed by atoms with Gasteiger partial charge in [0.25, 0.3) is 0 Å². The minimum atomic E-state index is -5.67. The summed E-state index contributed by atoms with van der Waals surface area (Å²) in [5, 5.41) is 20.7. The minimum absolute atomic E-state index is 0.0453. The van der Waals surface area contributed by atoms with Gasteiger partial charge < -0.3 is 5.11 Å². The van der Waals surface area contributed by atoms with Crippen molar-refractivity contribution >= 4 is 10.1 Å². The van der Waals surface area contributed by atoms with Gasteiger partial charge in [0.15, 0.2) is 0 Å². The molecule has 0 amide bonds. The third-order valence-corrected chi connectivity index (χ3v) is 11.9. The number of aliphatic hydroxyl groups is 1. The Labute approximate surface area is 241 Å². The van der Waals surface area contributed by atoms with Crippen LogP contribution in [0.15, 0.2) is 27.5 Å². The molecule has 0 aromatic rings. The molecule has 6 aliphatic rings. The predicted octanol–water partition coefficient (Wildman–Crippen LogP) is 6.79. The number of rotatable bonds is 5. The SMILES string of the molecule is C[C@H]1C2C=CC(C)(N=[N+]=[N-])C21.C[C@H]1C2CC(O)C(C)(N=[N+]=[N-])C21.C[C@H]1C2CC(OS(=O)(=O)C(F)(F)F)C(C)(N=[N+]=[N-])C21. The van der Waals surface area contributed by atoms with Gasteiger partial charge in [-0.2, -0.15) is 21.6 Å². The number of hydrogen-bond acceptors (Lipinski definition) is 7.